The van der Waals surface area contributed by atoms with E-state index in [1.54, 1.807) is 6.07 Å². The zero-order valence-electron chi connectivity index (χ0n) is 6.28. The molecule has 1 aromatic carbocycles. The summed E-state index contributed by atoms with van der Waals surface area (Å²) in [4.78, 5) is 0. The predicted octanol–water partition coefficient (Wildman–Crippen LogP) is 2.86. The molecule has 1 aliphatic rings. The van der Waals surface area contributed by atoms with Crippen LogP contribution in [0.3, 0.4) is 0 Å². The fourth-order valence-corrected chi connectivity index (χ4v) is 1.60. The Morgan fingerprint density at radius 3 is 2.67 bits per heavy atom. The maximum Gasteiger partial charge on any atom is 0.276 e. The third kappa shape index (κ3) is 0.924. The molecule has 1 aliphatic carbocycles. The summed E-state index contributed by atoms with van der Waals surface area (Å²) < 4.78 is 38.8. The zero-order valence-corrected chi connectivity index (χ0v) is 6.28. The van der Waals surface area contributed by atoms with Crippen LogP contribution in [-0.2, 0) is 12.3 Å². The highest BCUT2D eigenvalue weighted by atomic mass is 19.3. The summed E-state index contributed by atoms with van der Waals surface area (Å²) in [6.45, 7) is 0. The van der Waals surface area contributed by atoms with E-state index in [9.17, 15) is 13.2 Å². The first-order valence-corrected chi connectivity index (χ1v) is 3.77. The lowest BCUT2D eigenvalue weighted by atomic mass is 10.1. The van der Waals surface area contributed by atoms with Crippen molar-refractivity contribution in [1.82, 2.24) is 0 Å². The minimum absolute atomic E-state index is 0.261. The molecule has 1 aromatic rings. The lowest BCUT2D eigenvalue weighted by molar-refractivity contribution is -0.00498. The van der Waals surface area contributed by atoms with E-state index in [2.05, 4.69) is 0 Å². The molecule has 3 heteroatoms. The number of hydrogen-bond acceptors (Lipinski definition) is 0. The van der Waals surface area contributed by atoms with Crippen LogP contribution in [0.2, 0.25) is 0 Å². The monoisotopic (exact) mass is 172 g/mol. The SMILES string of the molecule is Fc1cccc2c1C(F)(F)CC2. The van der Waals surface area contributed by atoms with Gasteiger partial charge in [0.2, 0.25) is 0 Å². The second-order valence-electron chi connectivity index (χ2n) is 2.98. The summed E-state index contributed by atoms with van der Waals surface area (Å²) in [7, 11) is 0. The molecule has 0 unspecified atom stereocenters. The number of rotatable bonds is 0. The van der Waals surface area contributed by atoms with Crippen LogP contribution in [0.25, 0.3) is 0 Å². The number of hydrogen-bond donors (Lipinski definition) is 0. The van der Waals surface area contributed by atoms with Gasteiger partial charge in [0.25, 0.3) is 5.92 Å². The smallest absolute Gasteiger partial charge is 0.206 e. The van der Waals surface area contributed by atoms with Gasteiger partial charge in [-0.3, -0.25) is 0 Å². The maximum atomic E-state index is 13.0. The molecule has 0 spiro atoms. The first-order chi connectivity index (χ1) is 5.61. The standard InChI is InChI=1S/C9H7F3/c10-7-3-1-2-6-4-5-9(11,12)8(6)7/h1-3H,4-5H2. The first kappa shape index (κ1) is 7.65. The van der Waals surface area contributed by atoms with Crippen molar-refractivity contribution < 1.29 is 13.2 Å². The van der Waals surface area contributed by atoms with E-state index in [4.69, 9.17) is 0 Å². The summed E-state index contributed by atoms with van der Waals surface area (Å²) >= 11 is 0. The average molecular weight is 172 g/mol. The Morgan fingerprint density at radius 2 is 2.00 bits per heavy atom. The van der Waals surface area contributed by atoms with Gasteiger partial charge < -0.3 is 0 Å². The number of aryl methyl sites for hydroxylation is 1. The van der Waals surface area contributed by atoms with E-state index in [0.29, 0.717) is 5.56 Å². The molecule has 0 saturated carbocycles. The quantitative estimate of drug-likeness (QED) is 0.564. The topological polar surface area (TPSA) is 0 Å². The normalized spacial score (nSPS) is 19.2. The Kier molecular flexibility index (Phi) is 1.43. The zero-order chi connectivity index (χ0) is 8.77. The Balaban J connectivity index is 2.64. The highest BCUT2D eigenvalue weighted by Gasteiger charge is 2.41. The molecule has 64 valence electrons. The van der Waals surface area contributed by atoms with Crippen molar-refractivity contribution in [2.24, 2.45) is 0 Å². The van der Waals surface area contributed by atoms with Gasteiger partial charge in [0.1, 0.15) is 5.82 Å². The highest BCUT2D eigenvalue weighted by Crippen LogP contribution is 2.42. The number of fused-ring (bicyclic) bond motifs is 1. The van der Waals surface area contributed by atoms with E-state index < -0.39 is 17.3 Å². The Hall–Kier alpha value is -0.990. The molecule has 0 radical (unpaired) electrons. The molecule has 2 rings (SSSR count). The van der Waals surface area contributed by atoms with Gasteiger partial charge >= 0.3 is 0 Å². The highest BCUT2D eigenvalue weighted by molar-refractivity contribution is 5.36. The van der Waals surface area contributed by atoms with Crippen molar-refractivity contribution in [2.75, 3.05) is 0 Å². The molecule has 0 fully saturated rings. The number of halogens is 3. The van der Waals surface area contributed by atoms with E-state index in [-0.39, 0.29) is 12.8 Å². The van der Waals surface area contributed by atoms with Gasteiger partial charge in [-0.05, 0) is 18.1 Å². The minimum atomic E-state index is -2.96. The molecule has 0 saturated heterocycles. The van der Waals surface area contributed by atoms with Gasteiger partial charge in [-0.25, -0.2) is 13.2 Å². The van der Waals surface area contributed by atoms with Crippen molar-refractivity contribution >= 4 is 0 Å². The van der Waals surface area contributed by atoms with Crippen LogP contribution in [-0.4, -0.2) is 0 Å². The van der Waals surface area contributed by atoms with Crippen LogP contribution in [0.15, 0.2) is 18.2 Å². The van der Waals surface area contributed by atoms with Gasteiger partial charge in [0, 0.05) is 6.42 Å². The van der Waals surface area contributed by atoms with Gasteiger partial charge in [0.05, 0.1) is 5.56 Å². The van der Waals surface area contributed by atoms with Crippen LogP contribution in [0.4, 0.5) is 13.2 Å². The van der Waals surface area contributed by atoms with Gasteiger partial charge in [-0.2, -0.15) is 0 Å². The average Bonchev–Trinajstić information content (AvgIpc) is 2.29. The lowest BCUT2D eigenvalue weighted by Gasteiger charge is -2.09. The van der Waals surface area contributed by atoms with Crippen molar-refractivity contribution in [2.45, 2.75) is 18.8 Å². The van der Waals surface area contributed by atoms with Crippen molar-refractivity contribution in [3.05, 3.63) is 35.1 Å². The van der Waals surface area contributed by atoms with Crippen LogP contribution < -0.4 is 0 Å². The molecular weight excluding hydrogens is 165 g/mol. The molecule has 0 atom stereocenters. The van der Waals surface area contributed by atoms with E-state index in [1.165, 1.54) is 6.07 Å². The molecular formula is C9H7F3. The summed E-state index contributed by atoms with van der Waals surface area (Å²) in [5, 5.41) is 0. The molecule has 0 nitrogen and oxygen atoms in total. The molecule has 0 bridgehead atoms. The second-order valence-corrected chi connectivity index (χ2v) is 2.98. The molecule has 0 amide bonds. The Morgan fingerprint density at radius 1 is 1.25 bits per heavy atom. The number of alkyl halides is 2. The number of benzene rings is 1. The second kappa shape index (κ2) is 2.25. The molecule has 12 heavy (non-hydrogen) atoms. The molecule has 0 aliphatic heterocycles. The molecule has 0 N–H and O–H groups in total. The minimum Gasteiger partial charge on any atom is -0.206 e. The third-order valence-corrected chi connectivity index (χ3v) is 2.17. The predicted molar refractivity (Wildman–Crippen MR) is 38.6 cm³/mol. The Labute approximate surface area is 68.0 Å². The summed E-state index contributed by atoms with van der Waals surface area (Å²) in [6, 6.07) is 4.10. The summed E-state index contributed by atoms with van der Waals surface area (Å²) in [5.41, 5.74) is 0.0463. The van der Waals surface area contributed by atoms with Crippen LogP contribution in [0.5, 0.6) is 0 Å². The van der Waals surface area contributed by atoms with Crippen molar-refractivity contribution in [1.29, 1.82) is 0 Å². The fourth-order valence-electron chi connectivity index (χ4n) is 1.60. The van der Waals surface area contributed by atoms with Gasteiger partial charge in [-0.1, -0.05) is 12.1 Å². The van der Waals surface area contributed by atoms with Crippen molar-refractivity contribution in [3.63, 3.8) is 0 Å². The lowest BCUT2D eigenvalue weighted by Crippen LogP contribution is -2.09. The van der Waals surface area contributed by atoms with Gasteiger partial charge in [0.15, 0.2) is 0 Å². The fraction of sp³-hybridized carbons (Fsp3) is 0.333. The third-order valence-electron chi connectivity index (χ3n) is 2.17. The first-order valence-electron chi connectivity index (χ1n) is 3.77. The van der Waals surface area contributed by atoms with Crippen LogP contribution in [0.1, 0.15) is 17.5 Å². The van der Waals surface area contributed by atoms with Crippen LogP contribution >= 0.6 is 0 Å². The van der Waals surface area contributed by atoms with E-state index in [1.807, 2.05) is 0 Å². The molecule has 0 heterocycles. The largest absolute Gasteiger partial charge is 0.276 e. The Bertz CT molecular complexity index is 318. The summed E-state index contributed by atoms with van der Waals surface area (Å²) in [6.07, 6.45) is 0.0172. The van der Waals surface area contributed by atoms with Crippen molar-refractivity contribution in [3.8, 4) is 0 Å². The van der Waals surface area contributed by atoms with E-state index >= 15 is 0 Å². The van der Waals surface area contributed by atoms with Crippen LogP contribution in [0, 0.1) is 5.82 Å². The van der Waals surface area contributed by atoms with Gasteiger partial charge in [-0.15, -0.1) is 0 Å². The summed E-state index contributed by atoms with van der Waals surface area (Å²) in [5.74, 6) is -3.74. The van der Waals surface area contributed by atoms with E-state index in [0.717, 1.165) is 6.07 Å². The maximum absolute atomic E-state index is 13.0. The molecule has 0 aromatic heterocycles.